The van der Waals surface area contributed by atoms with Gasteiger partial charge in [-0.15, -0.1) is 0 Å². The van der Waals surface area contributed by atoms with E-state index in [-0.39, 0.29) is 12.1 Å². The molecule has 1 heterocycles. The van der Waals surface area contributed by atoms with Crippen LogP contribution in [0.15, 0.2) is 78.9 Å². The number of carbonyl (C=O) groups is 1. The number of amides is 1. The summed E-state index contributed by atoms with van der Waals surface area (Å²) in [6.07, 6.45) is 0.694. The van der Waals surface area contributed by atoms with Gasteiger partial charge in [-0.1, -0.05) is 54.6 Å². The molecule has 0 radical (unpaired) electrons. The summed E-state index contributed by atoms with van der Waals surface area (Å²) in [7, 11) is 1.65. The van der Waals surface area contributed by atoms with E-state index in [0.717, 1.165) is 35.5 Å². The van der Waals surface area contributed by atoms with Crippen molar-refractivity contribution in [1.29, 1.82) is 0 Å². The summed E-state index contributed by atoms with van der Waals surface area (Å²) in [5, 5.41) is 3.16. The average molecular weight is 358 g/mol. The Morgan fingerprint density at radius 3 is 2.37 bits per heavy atom. The second-order valence-corrected chi connectivity index (χ2v) is 6.60. The SMILES string of the molecule is COc1ccc([C@@H]2NC(=O)c3ccccc3N2CCc2ccccc2)cc1. The van der Waals surface area contributed by atoms with Crippen LogP contribution in [-0.4, -0.2) is 19.6 Å². The van der Waals surface area contributed by atoms with E-state index in [1.54, 1.807) is 7.11 Å². The number of carbonyl (C=O) groups excluding carboxylic acids is 1. The molecule has 136 valence electrons. The highest BCUT2D eigenvalue weighted by Gasteiger charge is 2.31. The topological polar surface area (TPSA) is 41.6 Å². The van der Waals surface area contributed by atoms with Crippen molar-refractivity contribution in [2.45, 2.75) is 12.6 Å². The molecule has 0 bridgehead atoms. The van der Waals surface area contributed by atoms with E-state index in [2.05, 4.69) is 34.5 Å². The molecular weight excluding hydrogens is 336 g/mol. The van der Waals surface area contributed by atoms with Gasteiger partial charge in [-0.2, -0.15) is 0 Å². The Balaban J connectivity index is 1.68. The van der Waals surface area contributed by atoms with E-state index < -0.39 is 0 Å². The number of anilines is 1. The van der Waals surface area contributed by atoms with Crippen molar-refractivity contribution >= 4 is 11.6 Å². The van der Waals surface area contributed by atoms with Crippen LogP contribution in [0.4, 0.5) is 5.69 Å². The molecule has 0 aromatic heterocycles. The number of para-hydroxylation sites is 1. The van der Waals surface area contributed by atoms with Gasteiger partial charge in [0, 0.05) is 6.54 Å². The van der Waals surface area contributed by atoms with Crippen molar-refractivity contribution in [3.63, 3.8) is 0 Å². The summed E-state index contributed by atoms with van der Waals surface area (Å²) in [5.74, 6) is 0.763. The van der Waals surface area contributed by atoms with Crippen LogP contribution < -0.4 is 15.0 Å². The van der Waals surface area contributed by atoms with Gasteiger partial charge in [0.15, 0.2) is 0 Å². The van der Waals surface area contributed by atoms with Gasteiger partial charge in [-0.3, -0.25) is 4.79 Å². The lowest BCUT2D eigenvalue weighted by Crippen LogP contribution is -2.47. The third-order valence-corrected chi connectivity index (χ3v) is 4.95. The van der Waals surface area contributed by atoms with Gasteiger partial charge in [0.25, 0.3) is 5.91 Å². The zero-order valence-corrected chi connectivity index (χ0v) is 15.3. The molecule has 0 fully saturated rings. The number of hydrogen-bond donors (Lipinski definition) is 1. The van der Waals surface area contributed by atoms with Gasteiger partial charge in [-0.05, 0) is 41.8 Å². The van der Waals surface area contributed by atoms with Gasteiger partial charge >= 0.3 is 0 Å². The molecule has 4 heteroatoms. The molecule has 4 nitrogen and oxygen atoms in total. The Labute approximate surface area is 159 Å². The van der Waals surface area contributed by atoms with Crippen LogP contribution in [0, 0.1) is 0 Å². The molecule has 4 rings (SSSR count). The fourth-order valence-electron chi connectivity index (χ4n) is 3.53. The third-order valence-electron chi connectivity index (χ3n) is 4.95. The smallest absolute Gasteiger partial charge is 0.255 e. The van der Waals surface area contributed by atoms with Crippen molar-refractivity contribution in [3.8, 4) is 5.75 Å². The highest BCUT2D eigenvalue weighted by Crippen LogP contribution is 2.33. The number of nitrogens with zero attached hydrogens (tertiary/aromatic N) is 1. The maximum atomic E-state index is 12.6. The van der Waals surface area contributed by atoms with Crippen LogP contribution in [0.1, 0.15) is 27.7 Å². The second kappa shape index (κ2) is 7.54. The molecule has 1 aliphatic heterocycles. The molecule has 0 aliphatic carbocycles. The lowest BCUT2D eigenvalue weighted by Gasteiger charge is -2.39. The van der Waals surface area contributed by atoms with Crippen LogP contribution in [0.5, 0.6) is 5.75 Å². The maximum Gasteiger partial charge on any atom is 0.255 e. The molecule has 0 spiro atoms. The molecule has 27 heavy (non-hydrogen) atoms. The number of nitrogens with one attached hydrogen (secondary N) is 1. The zero-order chi connectivity index (χ0) is 18.6. The number of hydrogen-bond acceptors (Lipinski definition) is 3. The Morgan fingerprint density at radius 1 is 0.926 bits per heavy atom. The van der Waals surface area contributed by atoms with Crippen LogP contribution in [0.2, 0.25) is 0 Å². The molecule has 3 aromatic rings. The highest BCUT2D eigenvalue weighted by molar-refractivity contribution is 6.02. The van der Waals surface area contributed by atoms with E-state index >= 15 is 0 Å². The molecule has 0 saturated carbocycles. The van der Waals surface area contributed by atoms with Crippen molar-refractivity contribution in [2.24, 2.45) is 0 Å². The molecule has 0 saturated heterocycles. The molecule has 1 atom stereocenters. The minimum atomic E-state index is -0.206. The molecular formula is C23H22N2O2. The van der Waals surface area contributed by atoms with Crippen molar-refractivity contribution in [2.75, 3.05) is 18.6 Å². The Bertz CT molecular complexity index is 923. The van der Waals surface area contributed by atoms with Crippen molar-refractivity contribution in [3.05, 3.63) is 95.6 Å². The highest BCUT2D eigenvalue weighted by atomic mass is 16.5. The summed E-state index contributed by atoms with van der Waals surface area (Å²) >= 11 is 0. The molecule has 1 aliphatic rings. The number of fused-ring (bicyclic) bond motifs is 1. The van der Waals surface area contributed by atoms with Crippen LogP contribution >= 0.6 is 0 Å². The first-order valence-corrected chi connectivity index (χ1v) is 9.10. The molecule has 0 unspecified atom stereocenters. The summed E-state index contributed by atoms with van der Waals surface area (Å²) in [4.78, 5) is 14.9. The van der Waals surface area contributed by atoms with E-state index in [4.69, 9.17) is 4.74 Å². The monoisotopic (exact) mass is 358 g/mol. The van der Waals surface area contributed by atoms with Gasteiger partial charge in [-0.25, -0.2) is 0 Å². The lowest BCUT2D eigenvalue weighted by molar-refractivity contribution is 0.0926. The van der Waals surface area contributed by atoms with E-state index in [9.17, 15) is 4.79 Å². The average Bonchev–Trinajstić information content (AvgIpc) is 2.74. The first kappa shape index (κ1) is 17.2. The number of benzene rings is 3. The third kappa shape index (κ3) is 3.51. The minimum absolute atomic E-state index is 0.0395. The standard InChI is InChI=1S/C23H22N2O2/c1-27-19-13-11-18(12-14-19)22-24-23(26)20-9-5-6-10-21(20)25(22)16-15-17-7-3-2-4-8-17/h2-14,22H,15-16H2,1H3,(H,24,26)/t22-/m1/s1. The van der Waals surface area contributed by atoms with Gasteiger partial charge < -0.3 is 15.0 Å². The van der Waals surface area contributed by atoms with Crippen molar-refractivity contribution in [1.82, 2.24) is 5.32 Å². The predicted molar refractivity (Wildman–Crippen MR) is 107 cm³/mol. The minimum Gasteiger partial charge on any atom is -0.497 e. The molecule has 3 aromatic carbocycles. The Morgan fingerprint density at radius 2 is 1.63 bits per heavy atom. The Hall–Kier alpha value is -3.27. The summed E-state index contributed by atoms with van der Waals surface area (Å²) < 4.78 is 5.27. The van der Waals surface area contributed by atoms with Crippen LogP contribution in [-0.2, 0) is 6.42 Å². The first-order chi connectivity index (χ1) is 13.3. The Kier molecular flexibility index (Phi) is 4.79. The largest absolute Gasteiger partial charge is 0.497 e. The zero-order valence-electron chi connectivity index (χ0n) is 15.3. The second-order valence-electron chi connectivity index (χ2n) is 6.60. The van der Waals surface area contributed by atoms with E-state index in [0.29, 0.717) is 0 Å². The van der Waals surface area contributed by atoms with Crippen LogP contribution in [0.3, 0.4) is 0 Å². The summed E-state index contributed by atoms with van der Waals surface area (Å²) in [6, 6.07) is 26.1. The fourth-order valence-corrected chi connectivity index (χ4v) is 3.53. The molecule has 1 N–H and O–H groups in total. The maximum absolute atomic E-state index is 12.6. The fraction of sp³-hybridized carbons (Fsp3) is 0.174. The lowest BCUT2D eigenvalue weighted by atomic mass is 10.0. The van der Waals surface area contributed by atoms with Crippen LogP contribution in [0.25, 0.3) is 0 Å². The molecule has 1 amide bonds. The quantitative estimate of drug-likeness (QED) is 0.744. The van der Waals surface area contributed by atoms with Gasteiger partial charge in [0.1, 0.15) is 11.9 Å². The van der Waals surface area contributed by atoms with Gasteiger partial charge in [0.2, 0.25) is 0 Å². The predicted octanol–water partition coefficient (Wildman–Crippen LogP) is 4.19. The summed E-state index contributed by atoms with van der Waals surface area (Å²) in [5.41, 5.74) is 4.00. The van der Waals surface area contributed by atoms with Gasteiger partial charge in [0.05, 0.1) is 18.4 Å². The first-order valence-electron chi connectivity index (χ1n) is 9.10. The summed E-state index contributed by atoms with van der Waals surface area (Å²) in [6.45, 7) is 0.804. The number of methoxy groups -OCH3 is 1. The number of rotatable bonds is 5. The number of ether oxygens (including phenoxy) is 1. The normalized spacial score (nSPS) is 15.8. The van der Waals surface area contributed by atoms with Crippen molar-refractivity contribution < 1.29 is 9.53 Å². The van der Waals surface area contributed by atoms with E-state index in [1.165, 1.54) is 5.56 Å². The van der Waals surface area contributed by atoms with E-state index in [1.807, 2.05) is 54.6 Å².